The van der Waals surface area contributed by atoms with E-state index in [-0.39, 0.29) is 15.6 Å². The molecule has 0 fully saturated rings. The van der Waals surface area contributed by atoms with Gasteiger partial charge in [0.1, 0.15) is 17.5 Å². The van der Waals surface area contributed by atoms with Crippen molar-refractivity contribution in [3.05, 3.63) is 33.6 Å². The molecular weight excluding hydrogens is 320 g/mol. The van der Waals surface area contributed by atoms with Gasteiger partial charge in [0.25, 0.3) is 5.91 Å². The van der Waals surface area contributed by atoms with Crippen LogP contribution in [0.15, 0.2) is 12.1 Å². The van der Waals surface area contributed by atoms with Gasteiger partial charge < -0.3 is 10.1 Å². The van der Waals surface area contributed by atoms with Gasteiger partial charge in [-0.1, -0.05) is 23.2 Å². The first-order valence-corrected chi connectivity index (χ1v) is 6.95. The lowest BCUT2D eigenvalue weighted by Gasteiger charge is -2.22. The number of benzene rings is 1. The second-order valence-electron chi connectivity index (χ2n) is 5.47. The zero-order valence-corrected chi connectivity index (χ0v) is 13.6. The fourth-order valence-corrected chi connectivity index (χ4v) is 1.89. The maximum atomic E-state index is 13.4. The number of carbonyl (C=O) groups excluding carboxylic acids is 2. The largest absolute Gasteiger partial charge is 0.458 e. The maximum absolute atomic E-state index is 13.4. The Balaban J connectivity index is 2.82. The molecule has 0 aliphatic heterocycles. The zero-order chi connectivity index (χ0) is 16.4. The van der Waals surface area contributed by atoms with Gasteiger partial charge in [0.2, 0.25) is 0 Å². The highest BCUT2D eigenvalue weighted by atomic mass is 35.5. The first-order chi connectivity index (χ1) is 9.51. The van der Waals surface area contributed by atoms with Crippen molar-refractivity contribution >= 4 is 35.1 Å². The number of carbonyl (C=O) groups is 2. The SMILES string of the molecule is C[C@H](NC(=O)c1cc(F)c(Cl)cc1Cl)C(=O)OC(C)(C)C. The monoisotopic (exact) mass is 335 g/mol. The Morgan fingerprint density at radius 2 is 1.81 bits per heavy atom. The van der Waals surface area contributed by atoms with Crippen LogP contribution in [0.1, 0.15) is 38.1 Å². The molecule has 0 radical (unpaired) electrons. The number of hydrogen-bond donors (Lipinski definition) is 1. The van der Waals surface area contributed by atoms with E-state index in [1.165, 1.54) is 6.92 Å². The van der Waals surface area contributed by atoms with E-state index in [0.29, 0.717) is 0 Å². The Bertz CT molecular complexity index is 570. The third-order valence-electron chi connectivity index (χ3n) is 2.36. The molecule has 116 valence electrons. The molecule has 0 saturated heterocycles. The van der Waals surface area contributed by atoms with E-state index in [1.807, 2.05) is 0 Å². The summed E-state index contributed by atoms with van der Waals surface area (Å²) in [5.41, 5.74) is -0.769. The van der Waals surface area contributed by atoms with Crippen LogP contribution in [0.2, 0.25) is 10.0 Å². The summed E-state index contributed by atoms with van der Waals surface area (Å²) in [5, 5.41) is 2.21. The van der Waals surface area contributed by atoms with Gasteiger partial charge in [0.15, 0.2) is 0 Å². The molecule has 0 unspecified atom stereocenters. The molecule has 4 nitrogen and oxygen atoms in total. The van der Waals surface area contributed by atoms with Crippen LogP contribution in [-0.2, 0) is 9.53 Å². The molecule has 0 saturated carbocycles. The van der Waals surface area contributed by atoms with E-state index in [0.717, 1.165) is 12.1 Å². The summed E-state index contributed by atoms with van der Waals surface area (Å²) in [7, 11) is 0. The number of esters is 1. The molecule has 1 aromatic carbocycles. The minimum atomic E-state index is -0.897. The normalized spacial score (nSPS) is 12.7. The van der Waals surface area contributed by atoms with Crippen molar-refractivity contribution in [3.63, 3.8) is 0 Å². The van der Waals surface area contributed by atoms with Crippen LogP contribution in [0.5, 0.6) is 0 Å². The van der Waals surface area contributed by atoms with Gasteiger partial charge in [-0.2, -0.15) is 0 Å². The predicted molar refractivity (Wildman–Crippen MR) is 79.2 cm³/mol. The smallest absolute Gasteiger partial charge is 0.328 e. The summed E-state index contributed by atoms with van der Waals surface area (Å²) in [4.78, 5) is 23.8. The Labute approximate surface area is 132 Å². The lowest BCUT2D eigenvalue weighted by atomic mass is 10.1. The van der Waals surface area contributed by atoms with E-state index in [1.54, 1.807) is 20.8 Å². The molecule has 1 amide bonds. The molecular formula is C14H16Cl2FNO3. The van der Waals surface area contributed by atoms with Gasteiger partial charge in [-0.3, -0.25) is 4.79 Å². The maximum Gasteiger partial charge on any atom is 0.328 e. The average molecular weight is 336 g/mol. The lowest BCUT2D eigenvalue weighted by molar-refractivity contribution is -0.156. The van der Waals surface area contributed by atoms with Crippen LogP contribution < -0.4 is 5.32 Å². The van der Waals surface area contributed by atoms with Gasteiger partial charge in [-0.15, -0.1) is 0 Å². The number of ether oxygens (including phenoxy) is 1. The number of nitrogens with one attached hydrogen (secondary N) is 1. The molecule has 0 spiro atoms. The van der Waals surface area contributed by atoms with Crippen LogP contribution in [0, 0.1) is 5.82 Å². The van der Waals surface area contributed by atoms with Gasteiger partial charge in [-0.25, -0.2) is 9.18 Å². The Kier molecular flexibility index (Phi) is 5.59. The fourth-order valence-electron chi connectivity index (χ4n) is 1.42. The summed E-state index contributed by atoms with van der Waals surface area (Å²) in [6, 6.07) is 1.15. The number of rotatable bonds is 3. The molecule has 21 heavy (non-hydrogen) atoms. The third-order valence-corrected chi connectivity index (χ3v) is 2.96. The van der Waals surface area contributed by atoms with Crippen LogP contribution in [0.25, 0.3) is 0 Å². The van der Waals surface area contributed by atoms with E-state index >= 15 is 0 Å². The second kappa shape index (κ2) is 6.62. The summed E-state index contributed by atoms with van der Waals surface area (Å²) in [6.45, 7) is 6.60. The van der Waals surface area contributed by atoms with Crippen LogP contribution >= 0.6 is 23.2 Å². The van der Waals surface area contributed by atoms with E-state index in [4.69, 9.17) is 27.9 Å². The molecule has 1 N–H and O–H groups in total. The first-order valence-electron chi connectivity index (χ1n) is 6.19. The summed E-state index contributed by atoms with van der Waals surface area (Å²) < 4.78 is 18.5. The van der Waals surface area contributed by atoms with Crippen molar-refractivity contribution in [1.82, 2.24) is 5.32 Å². The molecule has 1 rings (SSSR count). The van der Waals surface area contributed by atoms with Crippen molar-refractivity contribution < 1.29 is 18.7 Å². The predicted octanol–water partition coefficient (Wildman–Crippen LogP) is 3.59. The number of hydrogen-bond acceptors (Lipinski definition) is 3. The van der Waals surface area contributed by atoms with Crippen LogP contribution in [-0.4, -0.2) is 23.5 Å². The molecule has 0 aliphatic rings. The highest BCUT2D eigenvalue weighted by Crippen LogP contribution is 2.24. The van der Waals surface area contributed by atoms with Gasteiger partial charge in [-0.05, 0) is 39.8 Å². The van der Waals surface area contributed by atoms with Crippen molar-refractivity contribution in [2.24, 2.45) is 0 Å². The molecule has 0 heterocycles. The fraction of sp³-hybridized carbons (Fsp3) is 0.429. The molecule has 1 atom stereocenters. The summed E-state index contributed by atoms with van der Waals surface area (Å²) in [5.74, 6) is -2.05. The highest BCUT2D eigenvalue weighted by Gasteiger charge is 2.24. The minimum Gasteiger partial charge on any atom is -0.458 e. The molecule has 0 aliphatic carbocycles. The van der Waals surface area contributed by atoms with Crippen molar-refractivity contribution in [3.8, 4) is 0 Å². The molecule has 0 aromatic heterocycles. The highest BCUT2D eigenvalue weighted by molar-refractivity contribution is 6.36. The first kappa shape index (κ1) is 17.7. The topological polar surface area (TPSA) is 55.4 Å². The van der Waals surface area contributed by atoms with Crippen LogP contribution in [0.4, 0.5) is 4.39 Å². The lowest BCUT2D eigenvalue weighted by Crippen LogP contribution is -2.42. The van der Waals surface area contributed by atoms with Crippen molar-refractivity contribution in [2.45, 2.75) is 39.3 Å². The summed E-state index contributed by atoms with van der Waals surface area (Å²) in [6.07, 6.45) is 0. The Hall–Kier alpha value is -1.33. The minimum absolute atomic E-state index is 0.00436. The third kappa shape index (κ3) is 5.17. The Morgan fingerprint density at radius 3 is 2.33 bits per heavy atom. The van der Waals surface area contributed by atoms with Crippen molar-refractivity contribution in [2.75, 3.05) is 0 Å². The van der Waals surface area contributed by atoms with E-state index in [2.05, 4.69) is 5.32 Å². The molecule has 7 heteroatoms. The van der Waals surface area contributed by atoms with Gasteiger partial charge in [0.05, 0.1) is 15.6 Å². The van der Waals surface area contributed by atoms with Gasteiger partial charge in [0, 0.05) is 0 Å². The van der Waals surface area contributed by atoms with Crippen molar-refractivity contribution in [1.29, 1.82) is 0 Å². The zero-order valence-electron chi connectivity index (χ0n) is 12.1. The average Bonchev–Trinajstić information content (AvgIpc) is 2.31. The quantitative estimate of drug-likeness (QED) is 0.678. The van der Waals surface area contributed by atoms with E-state index in [9.17, 15) is 14.0 Å². The van der Waals surface area contributed by atoms with Crippen LogP contribution in [0.3, 0.4) is 0 Å². The molecule has 1 aromatic rings. The van der Waals surface area contributed by atoms with Gasteiger partial charge >= 0.3 is 5.97 Å². The second-order valence-corrected chi connectivity index (χ2v) is 6.29. The van der Waals surface area contributed by atoms with E-state index < -0.39 is 29.3 Å². The summed E-state index contributed by atoms with van der Waals surface area (Å²) >= 11 is 11.4. The standard InChI is InChI=1S/C14H16Cl2FNO3/c1-7(13(20)21-14(2,3)4)18-12(19)8-5-11(17)10(16)6-9(8)15/h5-7H,1-4H3,(H,18,19)/t7-/m0/s1. The Morgan fingerprint density at radius 1 is 1.24 bits per heavy atom. The number of halogens is 3. The number of amides is 1. The molecule has 0 bridgehead atoms.